The van der Waals surface area contributed by atoms with E-state index in [1.54, 1.807) is 24.1 Å². The topological polar surface area (TPSA) is 74.1 Å². The van der Waals surface area contributed by atoms with Gasteiger partial charge >= 0.3 is 5.63 Å². The largest absolute Gasteiger partial charge is 0.467 e. The van der Waals surface area contributed by atoms with Gasteiger partial charge in [0.1, 0.15) is 17.2 Å². The minimum atomic E-state index is -0.350. The standard InChI is InChI=1S/C20H16BrN3O3S/c21-14-5-6-16-13(8-18(25)27-17(16)9-14)11-28-20-23-22-19(12-3-4-12)24(20)10-15-2-1-7-26-15/h1-2,5-9,12H,3-4,10-11H2. The predicted octanol–water partition coefficient (Wildman–Crippen LogP) is 4.96. The number of rotatable bonds is 6. The molecule has 28 heavy (non-hydrogen) atoms. The van der Waals surface area contributed by atoms with E-state index in [2.05, 4.69) is 30.7 Å². The van der Waals surface area contributed by atoms with Crippen molar-refractivity contribution >= 4 is 38.7 Å². The van der Waals surface area contributed by atoms with Gasteiger partial charge in [0.25, 0.3) is 0 Å². The molecular formula is C20H16BrN3O3S. The number of thioether (sulfide) groups is 1. The molecular weight excluding hydrogens is 442 g/mol. The number of halogens is 1. The molecule has 1 fully saturated rings. The van der Waals surface area contributed by atoms with Crippen molar-refractivity contribution in [1.29, 1.82) is 0 Å². The van der Waals surface area contributed by atoms with Gasteiger partial charge in [-0.15, -0.1) is 10.2 Å². The van der Waals surface area contributed by atoms with E-state index in [0.717, 1.165) is 45.0 Å². The maximum atomic E-state index is 12.0. The van der Waals surface area contributed by atoms with Crippen LogP contribution < -0.4 is 5.63 Å². The third-order valence-corrected chi connectivity index (χ3v) is 6.24. The van der Waals surface area contributed by atoms with E-state index in [9.17, 15) is 4.79 Å². The molecule has 0 N–H and O–H groups in total. The average molecular weight is 458 g/mol. The van der Waals surface area contributed by atoms with Crippen LogP contribution >= 0.6 is 27.7 Å². The van der Waals surface area contributed by atoms with Crippen LogP contribution in [0.2, 0.25) is 0 Å². The van der Waals surface area contributed by atoms with E-state index >= 15 is 0 Å². The number of aromatic nitrogens is 3. The minimum absolute atomic E-state index is 0.350. The van der Waals surface area contributed by atoms with Crippen molar-refractivity contribution in [3.8, 4) is 0 Å². The Kier molecular flexibility index (Phi) is 4.60. The second kappa shape index (κ2) is 7.25. The summed E-state index contributed by atoms with van der Waals surface area (Å²) in [6.07, 6.45) is 3.98. The van der Waals surface area contributed by atoms with Crippen LogP contribution in [-0.4, -0.2) is 14.8 Å². The Morgan fingerprint density at radius 2 is 2.11 bits per heavy atom. The molecule has 3 aromatic heterocycles. The second-order valence-electron chi connectivity index (χ2n) is 6.80. The summed E-state index contributed by atoms with van der Waals surface area (Å²) in [6, 6.07) is 11.1. The van der Waals surface area contributed by atoms with Crippen LogP contribution in [0.3, 0.4) is 0 Å². The van der Waals surface area contributed by atoms with E-state index in [1.807, 2.05) is 30.3 Å². The van der Waals surface area contributed by atoms with Gasteiger partial charge in [-0.05, 0) is 48.7 Å². The summed E-state index contributed by atoms with van der Waals surface area (Å²) in [5.74, 6) is 2.98. The predicted molar refractivity (Wildman–Crippen MR) is 110 cm³/mol. The van der Waals surface area contributed by atoms with Crippen LogP contribution in [0.5, 0.6) is 0 Å². The smallest absolute Gasteiger partial charge is 0.336 e. The van der Waals surface area contributed by atoms with Gasteiger partial charge in [0.2, 0.25) is 0 Å². The molecule has 1 aliphatic carbocycles. The quantitative estimate of drug-likeness (QED) is 0.301. The van der Waals surface area contributed by atoms with E-state index in [1.165, 1.54) is 0 Å². The van der Waals surface area contributed by atoms with Gasteiger partial charge in [0.15, 0.2) is 5.16 Å². The summed E-state index contributed by atoms with van der Waals surface area (Å²) in [5.41, 5.74) is 1.15. The van der Waals surface area contributed by atoms with Crippen LogP contribution in [0.25, 0.3) is 11.0 Å². The molecule has 0 radical (unpaired) electrons. The zero-order chi connectivity index (χ0) is 19.1. The minimum Gasteiger partial charge on any atom is -0.467 e. The molecule has 3 heterocycles. The monoisotopic (exact) mass is 457 g/mol. The highest BCUT2D eigenvalue weighted by Crippen LogP contribution is 2.40. The summed E-state index contributed by atoms with van der Waals surface area (Å²) < 4.78 is 13.9. The molecule has 0 bridgehead atoms. The first kappa shape index (κ1) is 17.8. The molecule has 142 valence electrons. The van der Waals surface area contributed by atoms with Crippen LogP contribution in [-0.2, 0) is 12.3 Å². The highest BCUT2D eigenvalue weighted by atomic mass is 79.9. The Morgan fingerprint density at radius 1 is 1.21 bits per heavy atom. The molecule has 4 aromatic rings. The number of hydrogen-bond donors (Lipinski definition) is 0. The Labute approximate surface area is 173 Å². The van der Waals surface area contributed by atoms with Crippen molar-refractivity contribution in [2.45, 2.75) is 36.2 Å². The molecule has 1 saturated carbocycles. The lowest BCUT2D eigenvalue weighted by atomic mass is 10.1. The normalized spacial score (nSPS) is 14.0. The fourth-order valence-electron chi connectivity index (χ4n) is 3.22. The molecule has 0 saturated heterocycles. The summed E-state index contributed by atoms with van der Waals surface area (Å²) in [5, 5.41) is 10.6. The molecule has 0 spiro atoms. The van der Waals surface area contributed by atoms with Crippen molar-refractivity contribution in [2.75, 3.05) is 0 Å². The maximum Gasteiger partial charge on any atom is 0.336 e. The first-order valence-electron chi connectivity index (χ1n) is 8.98. The average Bonchev–Trinajstić information content (AvgIpc) is 3.23. The van der Waals surface area contributed by atoms with Gasteiger partial charge in [0, 0.05) is 27.6 Å². The van der Waals surface area contributed by atoms with Gasteiger partial charge in [0.05, 0.1) is 12.8 Å². The van der Waals surface area contributed by atoms with Gasteiger partial charge < -0.3 is 8.83 Å². The maximum absolute atomic E-state index is 12.0. The molecule has 0 amide bonds. The number of fused-ring (bicyclic) bond motifs is 1. The van der Waals surface area contributed by atoms with Crippen molar-refractivity contribution in [2.24, 2.45) is 0 Å². The van der Waals surface area contributed by atoms with Crippen LogP contribution in [0, 0.1) is 0 Å². The second-order valence-corrected chi connectivity index (χ2v) is 8.66. The van der Waals surface area contributed by atoms with Crippen molar-refractivity contribution in [3.05, 3.63) is 74.7 Å². The lowest BCUT2D eigenvalue weighted by Gasteiger charge is -2.09. The van der Waals surface area contributed by atoms with E-state index < -0.39 is 0 Å². The van der Waals surface area contributed by atoms with Gasteiger partial charge in [-0.3, -0.25) is 4.57 Å². The van der Waals surface area contributed by atoms with Gasteiger partial charge in [-0.25, -0.2) is 4.79 Å². The van der Waals surface area contributed by atoms with Crippen molar-refractivity contribution < 1.29 is 8.83 Å². The van der Waals surface area contributed by atoms with Crippen LogP contribution in [0.15, 0.2) is 65.9 Å². The first-order chi connectivity index (χ1) is 13.7. The fraction of sp³-hybridized carbons (Fsp3) is 0.250. The number of benzene rings is 1. The Morgan fingerprint density at radius 3 is 2.89 bits per heavy atom. The van der Waals surface area contributed by atoms with Crippen LogP contribution in [0.4, 0.5) is 0 Å². The van der Waals surface area contributed by atoms with Crippen molar-refractivity contribution in [3.63, 3.8) is 0 Å². The zero-order valence-electron chi connectivity index (χ0n) is 14.8. The SMILES string of the molecule is O=c1cc(CSc2nnc(C3CC3)n2Cc2ccco2)c2ccc(Br)cc2o1. The third-order valence-electron chi connectivity index (χ3n) is 4.73. The first-order valence-corrected chi connectivity index (χ1v) is 10.8. The van der Waals surface area contributed by atoms with Crippen LogP contribution in [0.1, 0.15) is 35.9 Å². The van der Waals surface area contributed by atoms with Gasteiger partial charge in [-0.2, -0.15) is 0 Å². The number of nitrogens with zero attached hydrogens (tertiary/aromatic N) is 3. The van der Waals surface area contributed by atoms with E-state index in [0.29, 0.717) is 23.8 Å². The van der Waals surface area contributed by atoms with E-state index in [-0.39, 0.29) is 5.63 Å². The summed E-state index contributed by atoms with van der Waals surface area (Å²) in [6.45, 7) is 0.610. The highest BCUT2D eigenvalue weighted by molar-refractivity contribution is 9.10. The molecule has 0 atom stereocenters. The summed E-state index contributed by atoms with van der Waals surface area (Å²) >= 11 is 4.99. The van der Waals surface area contributed by atoms with Gasteiger partial charge in [-0.1, -0.05) is 27.7 Å². The third kappa shape index (κ3) is 3.54. The lowest BCUT2D eigenvalue weighted by molar-refractivity contribution is 0.478. The molecule has 8 heteroatoms. The van der Waals surface area contributed by atoms with Crippen molar-refractivity contribution in [1.82, 2.24) is 14.8 Å². The summed E-state index contributed by atoms with van der Waals surface area (Å²) in [7, 11) is 0. The number of hydrogen-bond acceptors (Lipinski definition) is 6. The zero-order valence-corrected chi connectivity index (χ0v) is 17.2. The molecule has 6 nitrogen and oxygen atoms in total. The molecule has 1 aromatic carbocycles. The van der Waals surface area contributed by atoms with E-state index in [4.69, 9.17) is 8.83 Å². The Balaban J connectivity index is 1.46. The number of furan rings is 1. The Hall–Kier alpha value is -2.32. The Bertz CT molecular complexity index is 1200. The summed E-state index contributed by atoms with van der Waals surface area (Å²) in [4.78, 5) is 12.0. The molecule has 5 rings (SSSR count). The molecule has 0 unspecified atom stereocenters. The fourth-order valence-corrected chi connectivity index (χ4v) is 4.50. The highest BCUT2D eigenvalue weighted by Gasteiger charge is 2.30. The molecule has 1 aliphatic rings. The lowest BCUT2D eigenvalue weighted by Crippen LogP contribution is -2.06. The molecule has 0 aliphatic heterocycles.